The van der Waals surface area contributed by atoms with Crippen LogP contribution in [0.3, 0.4) is 0 Å². The molecule has 1 aromatic heterocycles. The van der Waals surface area contributed by atoms with E-state index < -0.39 is 27.7 Å². The van der Waals surface area contributed by atoms with Gasteiger partial charge >= 0.3 is 0 Å². The molecule has 0 aliphatic carbocycles. The first kappa shape index (κ1) is 18.5. The number of hydrogen-bond acceptors (Lipinski definition) is 6. The lowest BCUT2D eigenvalue weighted by Crippen LogP contribution is -2.35. The molecule has 1 aromatic carbocycles. The second kappa shape index (κ2) is 7.55. The van der Waals surface area contributed by atoms with Crippen LogP contribution in [0.2, 0.25) is 0 Å². The van der Waals surface area contributed by atoms with Crippen LogP contribution in [0.1, 0.15) is 32.7 Å². The number of benzene rings is 1. The van der Waals surface area contributed by atoms with Gasteiger partial charge in [0.15, 0.2) is 9.84 Å². The fraction of sp³-hybridized carbons (Fsp3) is 0.222. The molecule has 0 radical (unpaired) electrons. The van der Waals surface area contributed by atoms with Gasteiger partial charge in [-0.05, 0) is 30.7 Å². The predicted octanol–water partition coefficient (Wildman–Crippen LogP) is 1.12. The van der Waals surface area contributed by atoms with Gasteiger partial charge in [0.1, 0.15) is 0 Å². The second-order valence-electron chi connectivity index (χ2n) is 6.18. The highest BCUT2D eigenvalue weighted by molar-refractivity contribution is 7.91. The number of nitriles is 1. The summed E-state index contributed by atoms with van der Waals surface area (Å²) in [6, 6.07) is 9.37. The number of pyridine rings is 1. The van der Waals surface area contributed by atoms with E-state index in [1.807, 2.05) is 6.07 Å². The molecule has 9 heteroatoms. The maximum Gasteiger partial charge on any atom is 0.257 e. The van der Waals surface area contributed by atoms with E-state index in [1.54, 1.807) is 18.2 Å². The molecule has 2 amide bonds. The van der Waals surface area contributed by atoms with Crippen LogP contribution in [0.4, 0.5) is 5.69 Å². The Balaban J connectivity index is 1.70. The van der Waals surface area contributed by atoms with Gasteiger partial charge in [-0.25, -0.2) is 8.42 Å². The highest BCUT2D eigenvalue weighted by atomic mass is 32.2. The summed E-state index contributed by atoms with van der Waals surface area (Å²) in [5, 5.41) is 14.2. The lowest BCUT2D eigenvalue weighted by molar-refractivity contribution is 0.0940. The summed E-state index contributed by atoms with van der Waals surface area (Å²) in [6.45, 7) is 0. The monoisotopic (exact) mass is 384 g/mol. The first-order valence-corrected chi connectivity index (χ1v) is 9.96. The molecule has 138 valence electrons. The van der Waals surface area contributed by atoms with Crippen LogP contribution in [0.25, 0.3) is 0 Å². The van der Waals surface area contributed by atoms with Crippen molar-refractivity contribution in [1.29, 1.82) is 5.26 Å². The van der Waals surface area contributed by atoms with Crippen molar-refractivity contribution in [3.63, 3.8) is 0 Å². The van der Waals surface area contributed by atoms with Crippen molar-refractivity contribution in [1.82, 2.24) is 10.3 Å². The van der Waals surface area contributed by atoms with Crippen LogP contribution in [0.15, 0.2) is 42.7 Å². The number of carbonyl (C=O) groups is 2. The van der Waals surface area contributed by atoms with Crippen molar-refractivity contribution < 1.29 is 18.0 Å². The van der Waals surface area contributed by atoms with Gasteiger partial charge < -0.3 is 10.6 Å². The molecule has 1 atom stereocenters. The van der Waals surface area contributed by atoms with Gasteiger partial charge in [0.05, 0.1) is 34.3 Å². The summed E-state index contributed by atoms with van der Waals surface area (Å²) in [4.78, 5) is 28.6. The van der Waals surface area contributed by atoms with Gasteiger partial charge in [-0.15, -0.1) is 0 Å². The molecule has 2 aromatic rings. The van der Waals surface area contributed by atoms with Crippen LogP contribution in [0, 0.1) is 11.3 Å². The minimum atomic E-state index is -3.10. The van der Waals surface area contributed by atoms with Crippen molar-refractivity contribution in [2.75, 3.05) is 16.8 Å². The third-order valence-electron chi connectivity index (χ3n) is 4.08. The summed E-state index contributed by atoms with van der Waals surface area (Å²) in [7, 11) is -3.10. The zero-order valence-electron chi connectivity index (χ0n) is 14.2. The Morgan fingerprint density at radius 3 is 2.56 bits per heavy atom. The van der Waals surface area contributed by atoms with Gasteiger partial charge in [0.2, 0.25) is 0 Å². The minimum absolute atomic E-state index is 0.0560. The topological polar surface area (TPSA) is 129 Å². The second-order valence-corrected chi connectivity index (χ2v) is 8.41. The first-order valence-electron chi connectivity index (χ1n) is 8.14. The van der Waals surface area contributed by atoms with Crippen LogP contribution in [0.5, 0.6) is 0 Å². The van der Waals surface area contributed by atoms with Crippen LogP contribution >= 0.6 is 0 Å². The van der Waals surface area contributed by atoms with Crippen LogP contribution in [-0.2, 0) is 9.84 Å². The van der Waals surface area contributed by atoms with Gasteiger partial charge in [0, 0.05) is 24.1 Å². The summed E-state index contributed by atoms with van der Waals surface area (Å²) in [5.74, 6) is -0.983. The van der Waals surface area contributed by atoms with E-state index in [0.717, 1.165) is 0 Å². The maximum absolute atomic E-state index is 12.4. The summed E-state index contributed by atoms with van der Waals surface area (Å²) in [5.41, 5.74) is 1.19. The zero-order chi connectivity index (χ0) is 19.4. The Labute approximate surface area is 156 Å². The Kier molecular flexibility index (Phi) is 5.19. The number of hydrogen-bond donors (Lipinski definition) is 2. The van der Waals surface area contributed by atoms with Crippen molar-refractivity contribution in [2.45, 2.75) is 12.5 Å². The third kappa shape index (κ3) is 4.68. The normalized spacial score (nSPS) is 17.7. The minimum Gasteiger partial charge on any atom is -0.348 e. The molecule has 8 nitrogen and oxygen atoms in total. The molecule has 1 saturated heterocycles. The molecular weight excluding hydrogens is 368 g/mol. The standard InChI is InChI=1S/C18H16N4O4S/c19-8-12-2-1-3-15(6-12)21-17(23)13-7-14(10-20-9-13)18(24)22-16-4-5-27(25,26)11-16/h1-3,6-7,9-10,16H,4-5,11H2,(H,21,23)(H,22,24). The van der Waals surface area contributed by atoms with Crippen molar-refractivity contribution in [2.24, 2.45) is 0 Å². The molecule has 27 heavy (non-hydrogen) atoms. The van der Waals surface area contributed by atoms with Crippen molar-refractivity contribution in [3.8, 4) is 6.07 Å². The summed E-state index contributed by atoms with van der Waals surface area (Å²) < 4.78 is 23.0. The average Bonchev–Trinajstić information content (AvgIpc) is 3.00. The Hall–Kier alpha value is -3.25. The Morgan fingerprint density at radius 2 is 1.89 bits per heavy atom. The number of aromatic nitrogens is 1. The SMILES string of the molecule is N#Cc1cccc(NC(=O)c2cncc(C(=O)NC3CCS(=O)(=O)C3)c2)c1. The average molecular weight is 384 g/mol. The number of amides is 2. The van der Waals surface area contributed by atoms with E-state index in [-0.39, 0.29) is 22.6 Å². The lowest BCUT2D eigenvalue weighted by Gasteiger charge is -2.11. The summed E-state index contributed by atoms with van der Waals surface area (Å²) >= 11 is 0. The van der Waals surface area contributed by atoms with E-state index >= 15 is 0 Å². The van der Waals surface area contributed by atoms with Crippen LogP contribution < -0.4 is 10.6 Å². The number of carbonyl (C=O) groups excluding carboxylic acids is 2. The van der Waals surface area contributed by atoms with E-state index in [2.05, 4.69) is 15.6 Å². The number of anilines is 1. The Morgan fingerprint density at radius 1 is 1.15 bits per heavy atom. The molecule has 0 saturated carbocycles. The van der Waals surface area contributed by atoms with Gasteiger partial charge in [-0.2, -0.15) is 5.26 Å². The largest absolute Gasteiger partial charge is 0.348 e. The van der Waals surface area contributed by atoms with Crippen LogP contribution in [-0.4, -0.2) is 42.8 Å². The van der Waals surface area contributed by atoms with Gasteiger partial charge in [0.25, 0.3) is 11.8 Å². The maximum atomic E-state index is 12.4. The molecule has 2 N–H and O–H groups in total. The number of rotatable bonds is 4. The fourth-order valence-corrected chi connectivity index (χ4v) is 4.41. The van der Waals surface area contributed by atoms with E-state index in [0.29, 0.717) is 17.7 Å². The molecule has 1 fully saturated rings. The number of nitrogens with zero attached hydrogens (tertiary/aromatic N) is 2. The van der Waals surface area contributed by atoms with Crippen molar-refractivity contribution >= 4 is 27.3 Å². The number of nitrogens with one attached hydrogen (secondary N) is 2. The fourth-order valence-electron chi connectivity index (χ4n) is 2.74. The highest BCUT2D eigenvalue weighted by Crippen LogP contribution is 2.14. The van der Waals surface area contributed by atoms with Gasteiger partial charge in [-0.3, -0.25) is 14.6 Å². The quantitative estimate of drug-likeness (QED) is 0.813. The molecule has 2 heterocycles. The third-order valence-corrected chi connectivity index (χ3v) is 5.85. The van der Waals surface area contributed by atoms with E-state index in [4.69, 9.17) is 5.26 Å². The Bertz CT molecular complexity index is 1040. The molecule has 0 bridgehead atoms. The smallest absolute Gasteiger partial charge is 0.257 e. The molecule has 1 unspecified atom stereocenters. The zero-order valence-corrected chi connectivity index (χ0v) is 15.0. The first-order chi connectivity index (χ1) is 12.9. The summed E-state index contributed by atoms with van der Waals surface area (Å²) in [6.07, 6.45) is 3.00. The molecule has 0 spiro atoms. The van der Waals surface area contributed by atoms with E-state index in [9.17, 15) is 18.0 Å². The van der Waals surface area contributed by atoms with E-state index in [1.165, 1.54) is 24.5 Å². The number of sulfone groups is 1. The molecular formula is C18H16N4O4S. The molecule has 3 rings (SSSR count). The highest BCUT2D eigenvalue weighted by Gasteiger charge is 2.29. The molecule has 1 aliphatic rings. The molecule has 1 aliphatic heterocycles. The predicted molar refractivity (Wildman–Crippen MR) is 97.9 cm³/mol. The van der Waals surface area contributed by atoms with Gasteiger partial charge in [-0.1, -0.05) is 6.07 Å². The lowest BCUT2D eigenvalue weighted by atomic mass is 10.1. The van der Waals surface area contributed by atoms with Crippen molar-refractivity contribution in [3.05, 3.63) is 59.4 Å².